The Morgan fingerprint density at radius 1 is 1.38 bits per heavy atom. The van der Waals surface area contributed by atoms with E-state index < -0.39 is 0 Å². The van der Waals surface area contributed by atoms with Crippen molar-refractivity contribution in [1.29, 1.82) is 0 Å². The molecule has 1 aromatic rings. The van der Waals surface area contributed by atoms with E-state index in [4.69, 9.17) is 0 Å². The summed E-state index contributed by atoms with van der Waals surface area (Å²) in [5.74, 6) is 0.256. The maximum Gasteiger partial charge on any atom is 0.177 e. The Kier molecular flexibility index (Phi) is 3.39. The van der Waals surface area contributed by atoms with Gasteiger partial charge >= 0.3 is 0 Å². The number of carbonyl (C=O) groups is 1. The highest BCUT2D eigenvalue weighted by Crippen LogP contribution is 2.26. The van der Waals surface area contributed by atoms with Crippen LogP contribution in [0.1, 0.15) is 35.7 Å². The van der Waals surface area contributed by atoms with Gasteiger partial charge in [-0.1, -0.05) is 31.2 Å². The summed E-state index contributed by atoms with van der Waals surface area (Å²) in [4.78, 5) is 14.4. The molecule has 1 aliphatic rings. The number of hydrogen-bond donors (Lipinski definition) is 0. The fraction of sp³-hybridized carbons (Fsp3) is 0.500. The van der Waals surface area contributed by atoms with E-state index in [2.05, 4.69) is 11.8 Å². The molecule has 0 heterocycles. The summed E-state index contributed by atoms with van der Waals surface area (Å²) in [6.45, 7) is 5.68. The van der Waals surface area contributed by atoms with E-state index in [0.29, 0.717) is 12.6 Å². The van der Waals surface area contributed by atoms with E-state index in [-0.39, 0.29) is 5.78 Å². The van der Waals surface area contributed by atoms with Crippen LogP contribution in [0.15, 0.2) is 24.3 Å². The molecule has 0 unspecified atom stereocenters. The predicted molar refractivity (Wildman–Crippen MR) is 65.8 cm³/mol. The summed E-state index contributed by atoms with van der Waals surface area (Å²) < 4.78 is 0. The van der Waals surface area contributed by atoms with Crippen LogP contribution in [0.2, 0.25) is 0 Å². The van der Waals surface area contributed by atoms with Crippen molar-refractivity contribution in [3.05, 3.63) is 35.4 Å². The van der Waals surface area contributed by atoms with Gasteiger partial charge in [0.1, 0.15) is 0 Å². The molecule has 16 heavy (non-hydrogen) atoms. The number of carbonyl (C=O) groups excluding carboxylic acids is 1. The third-order valence-electron chi connectivity index (χ3n) is 3.26. The molecule has 1 aliphatic carbocycles. The molecule has 0 bridgehead atoms. The van der Waals surface area contributed by atoms with E-state index in [9.17, 15) is 4.79 Å². The van der Waals surface area contributed by atoms with E-state index in [1.807, 2.05) is 31.2 Å². The first-order valence-electron chi connectivity index (χ1n) is 6.05. The molecule has 2 rings (SSSR count). The molecule has 2 nitrogen and oxygen atoms in total. The van der Waals surface area contributed by atoms with Gasteiger partial charge in [-0.2, -0.15) is 0 Å². The minimum atomic E-state index is 0.256. The fourth-order valence-electron chi connectivity index (χ4n) is 2.09. The van der Waals surface area contributed by atoms with Gasteiger partial charge in [-0.05, 0) is 31.9 Å². The molecule has 1 aromatic carbocycles. The average Bonchev–Trinajstić information content (AvgIpc) is 3.10. The summed E-state index contributed by atoms with van der Waals surface area (Å²) in [6.07, 6.45) is 2.52. The van der Waals surface area contributed by atoms with Crippen molar-refractivity contribution in [2.24, 2.45) is 0 Å². The first kappa shape index (κ1) is 11.3. The Balaban J connectivity index is 2.04. The number of benzene rings is 1. The lowest BCUT2D eigenvalue weighted by Gasteiger charge is -2.19. The van der Waals surface area contributed by atoms with Gasteiger partial charge in [0.05, 0.1) is 6.54 Å². The van der Waals surface area contributed by atoms with Crippen molar-refractivity contribution in [1.82, 2.24) is 4.90 Å². The normalized spacial score (nSPS) is 15.4. The molecule has 1 saturated carbocycles. The minimum absolute atomic E-state index is 0.256. The van der Waals surface area contributed by atoms with E-state index in [1.165, 1.54) is 12.8 Å². The Morgan fingerprint density at radius 2 is 2.06 bits per heavy atom. The number of likely N-dealkylation sites (N-methyl/N-ethyl adjacent to an activating group) is 1. The van der Waals surface area contributed by atoms with Gasteiger partial charge in [0.15, 0.2) is 5.78 Å². The van der Waals surface area contributed by atoms with Gasteiger partial charge in [-0.3, -0.25) is 9.69 Å². The van der Waals surface area contributed by atoms with E-state index in [0.717, 1.165) is 17.7 Å². The highest BCUT2D eigenvalue weighted by molar-refractivity contribution is 5.98. The van der Waals surface area contributed by atoms with Crippen LogP contribution in [0.3, 0.4) is 0 Å². The number of rotatable bonds is 5. The summed E-state index contributed by atoms with van der Waals surface area (Å²) in [7, 11) is 0. The maximum absolute atomic E-state index is 12.1. The van der Waals surface area contributed by atoms with Gasteiger partial charge in [0, 0.05) is 11.6 Å². The Labute approximate surface area is 97.3 Å². The van der Waals surface area contributed by atoms with Crippen molar-refractivity contribution in [2.75, 3.05) is 13.1 Å². The van der Waals surface area contributed by atoms with E-state index >= 15 is 0 Å². The summed E-state index contributed by atoms with van der Waals surface area (Å²) in [5.41, 5.74) is 1.96. The van der Waals surface area contributed by atoms with Crippen LogP contribution in [-0.2, 0) is 0 Å². The van der Waals surface area contributed by atoms with Gasteiger partial charge in [-0.15, -0.1) is 0 Å². The average molecular weight is 217 g/mol. The Morgan fingerprint density at radius 3 is 2.62 bits per heavy atom. The van der Waals surface area contributed by atoms with Crippen LogP contribution in [0.4, 0.5) is 0 Å². The Hall–Kier alpha value is -1.15. The fourth-order valence-corrected chi connectivity index (χ4v) is 2.09. The third-order valence-corrected chi connectivity index (χ3v) is 3.26. The second-order valence-electron chi connectivity index (χ2n) is 4.53. The molecular weight excluding hydrogens is 198 g/mol. The molecule has 0 amide bonds. The Bertz CT molecular complexity index is 382. The molecule has 86 valence electrons. The molecule has 0 saturated heterocycles. The highest BCUT2D eigenvalue weighted by atomic mass is 16.1. The van der Waals surface area contributed by atoms with Gasteiger partial charge < -0.3 is 0 Å². The largest absolute Gasteiger partial charge is 0.293 e. The molecule has 0 aliphatic heterocycles. The second-order valence-corrected chi connectivity index (χ2v) is 4.53. The molecule has 0 N–H and O–H groups in total. The molecule has 2 heteroatoms. The van der Waals surface area contributed by atoms with Crippen LogP contribution in [0.25, 0.3) is 0 Å². The maximum atomic E-state index is 12.1. The SMILES string of the molecule is CCN(CC(=O)c1ccccc1C)C1CC1. The minimum Gasteiger partial charge on any atom is -0.293 e. The van der Waals surface area contributed by atoms with Crippen molar-refractivity contribution in [3.8, 4) is 0 Å². The standard InChI is InChI=1S/C14H19NO/c1-3-15(12-8-9-12)10-14(16)13-7-5-4-6-11(13)2/h4-7,12H,3,8-10H2,1-2H3. The van der Waals surface area contributed by atoms with Crippen molar-refractivity contribution >= 4 is 5.78 Å². The smallest absolute Gasteiger partial charge is 0.177 e. The lowest BCUT2D eigenvalue weighted by Crippen LogP contribution is -2.31. The zero-order valence-corrected chi connectivity index (χ0v) is 10.1. The molecule has 0 aromatic heterocycles. The molecular formula is C14H19NO. The predicted octanol–water partition coefficient (Wildman–Crippen LogP) is 2.66. The van der Waals surface area contributed by atoms with Crippen molar-refractivity contribution < 1.29 is 4.79 Å². The third kappa shape index (κ3) is 2.50. The van der Waals surface area contributed by atoms with E-state index in [1.54, 1.807) is 0 Å². The number of hydrogen-bond acceptors (Lipinski definition) is 2. The first-order valence-corrected chi connectivity index (χ1v) is 6.05. The first-order chi connectivity index (χ1) is 7.72. The summed E-state index contributed by atoms with van der Waals surface area (Å²) in [6, 6.07) is 8.51. The van der Waals surface area contributed by atoms with Crippen LogP contribution >= 0.6 is 0 Å². The highest BCUT2D eigenvalue weighted by Gasteiger charge is 2.29. The zero-order valence-electron chi connectivity index (χ0n) is 10.1. The number of nitrogens with zero attached hydrogens (tertiary/aromatic N) is 1. The molecule has 1 fully saturated rings. The monoisotopic (exact) mass is 217 g/mol. The van der Waals surface area contributed by atoms with Crippen molar-refractivity contribution in [2.45, 2.75) is 32.7 Å². The number of ketones is 1. The van der Waals surface area contributed by atoms with Gasteiger partial charge in [0.2, 0.25) is 0 Å². The summed E-state index contributed by atoms with van der Waals surface area (Å²) in [5, 5.41) is 0. The quantitative estimate of drug-likeness (QED) is 0.707. The number of Topliss-reactive ketones (excluding diaryl/α,β-unsaturated/α-hetero) is 1. The summed E-state index contributed by atoms with van der Waals surface area (Å²) >= 11 is 0. The molecule has 0 spiro atoms. The second kappa shape index (κ2) is 4.79. The lowest BCUT2D eigenvalue weighted by atomic mass is 10.0. The van der Waals surface area contributed by atoms with Gasteiger partial charge in [-0.25, -0.2) is 0 Å². The topological polar surface area (TPSA) is 20.3 Å². The van der Waals surface area contributed by atoms with Crippen LogP contribution < -0.4 is 0 Å². The molecule has 0 radical (unpaired) electrons. The lowest BCUT2D eigenvalue weighted by molar-refractivity contribution is 0.0928. The van der Waals surface area contributed by atoms with Crippen LogP contribution in [0, 0.1) is 6.92 Å². The van der Waals surface area contributed by atoms with Crippen LogP contribution in [0.5, 0.6) is 0 Å². The van der Waals surface area contributed by atoms with Crippen LogP contribution in [-0.4, -0.2) is 29.8 Å². The van der Waals surface area contributed by atoms with Gasteiger partial charge in [0.25, 0.3) is 0 Å². The molecule has 0 atom stereocenters. The zero-order chi connectivity index (χ0) is 11.5. The van der Waals surface area contributed by atoms with Crippen molar-refractivity contribution in [3.63, 3.8) is 0 Å². The number of aryl methyl sites for hydroxylation is 1.